The Balaban J connectivity index is 1.84. The van der Waals surface area contributed by atoms with Crippen molar-refractivity contribution in [3.05, 3.63) is 82.1 Å². The largest absolute Gasteiger partial charge is 0.356 e. The lowest BCUT2D eigenvalue weighted by atomic mass is 10.1. The maximum Gasteiger partial charge on any atom is 0.272 e. The number of rotatable bonds is 4. The predicted molar refractivity (Wildman–Crippen MR) is 92.6 cm³/mol. The number of aromatic amines is 1. The van der Waals surface area contributed by atoms with Crippen LogP contribution in [0.25, 0.3) is 0 Å². The number of aromatic nitrogens is 2. The van der Waals surface area contributed by atoms with E-state index in [1.807, 2.05) is 0 Å². The van der Waals surface area contributed by atoms with Crippen molar-refractivity contribution >= 4 is 29.0 Å². The monoisotopic (exact) mass is 357 g/mol. The highest BCUT2D eigenvalue weighted by molar-refractivity contribution is 6.35. The molecule has 1 aromatic carbocycles. The van der Waals surface area contributed by atoms with Crippen LogP contribution in [0.5, 0.6) is 0 Å². The molecule has 5 nitrogen and oxygen atoms in total. The zero-order valence-electron chi connectivity index (χ0n) is 13.1. The summed E-state index contributed by atoms with van der Waals surface area (Å²) < 4.78 is 13.9. The average Bonchev–Trinajstić information content (AvgIpc) is 3.07. The number of halogens is 2. The minimum Gasteiger partial charge on any atom is -0.356 e. The maximum atomic E-state index is 13.9. The van der Waals surface area contributed by atoms with Crippen molar-refractivity contribution in [3.8, 4) is 0 Å². The third-order valence-corrected chi connectivity index (χ3v) is 3.95. The number of carbonyl (C=O) groups is 2. The number of pyridine rings is 1. The lowest BCUT2D eigenvalue weighted by Crippen LogP contribution is -2.13. The van der Waals surface area contributed by atoms with Crippen molar-refractivity contribution < 1.29 is 14.0 Å². The van der Waals surface area contributed by atoms with Crippen molar-refractivity contribution in [2.24, 2.45) is 0 Å². The molecule has 0 spiro atoms. The predicted octanol–water partition coefficient (Wildman–Crippen LogP) is 3.99. The van der Waals surface area contributed by atoms with Crippen LogP contribution in [0.4, 0.5) is 10.1 Å². The minimum atomic E-state index is -0.712. The fourth-order valence-electron chi connectivity index (χ4n) is 2.32. The third-order valence-electron chi connectivity index (χ3n) is 3.63. The molecule has 2 heterocycles. The summed E-state index contributed by atoms with van der Waals surface area (Å²) in [5.41, 5.74) is 1.31. The molecule has 25 heavy (non-hydrogen) atoms. The molecule has 0 saturated carbocycles. The molecule has 0 atom stereocenters. The van der Waals surface area contributed by atoms with Crippen LogP contribution in [-0.4, -0.2) is 21.7 Å². The van der Waals surface area contributed by atoms with E-state index in [-0.39, 0.29) is 21.8 Å². The Hall–Kier alpha value is -2.99. The molecule has 7 heteroatoms. The van der Waals surface area contributed by atoms with Crippen LogP contribution in [0.2, 0.25) is 5.02 Å². The van der Waals surface area contributed by atoms with E-state index in [1.165, 1.54) is 24.4 Å². The van der Waals surface area contributed by atoms with Crippen molar-refractivity contribution in [2.45, 2.75) is 6.92 Å². The normalized spacial score (nSPS) is 10.5. The van der Waals surface area contributed by atoms with Gasteiger partial charge in [0.25, 0.3) is 5.91 Å². The second-order valence-electron chi connectivity index (χ2n) is 5.32. The van der Waals surface area contributed by atoms with Gasteiger partial charge in [-0.3, -0.25) is 14.6 Å². The maximum absolute atomic E-state index is 13.9. The fourth-order valence-corrected chi connectivity index (χ4v) is 2.57. The Morgan fingerprint density at radius 1 is 1.24 bits per heavy atom. The number of ketones is 1. The summed E-state index contributed by atoms with van der Waals surface area (Å²) in [6, 6.07) is 8.78. The van der Waals surface area contributed by atoms with Gasteiger partial charge in [0.05, 0.1) is 22.0 Å². The van der Waals surface area contributed by atoms with E-state index in [0.29, 0.717) is 11.4 Å². The van der Waals surface area contributed by atoms with Crippen LogP contribution in [0.3, 0.4) is 0 Å². The molecule has 0 aliphatic rings. The quantitative estimate of drug-likeness (QED) is 0.693. The lowest BCUT2D eigenvalue weighted by molar-refractivity contribution is 0.102. The SMILES string of the molecule is Cc1ncccc1NC(=O)c1cc(C(=O)c2c(F)cccc2Cl)c[nH]1. The molecule has 0 saturated heterocycles. The van der Waals surface area contributed by atoms with Crippen LogP contribution < -0.4 is 5.32 Å². The molecule has 3 rings (SSSR count). The van der Waals surface area contributed by atoms with Gasteiger partial charge in [0.2, 0.25) is 0 Å². The summed E-state index contributed by atoms with van der Waals surface area (Å²) in [4.78, 5) is 31.5. The highest BCUT2D eigenvalue weighted by Gasteiger charge is 2.20. The molecular formula is C18H13ClFN3O2. The number of nitrogens with one attached hydrogen (secondary N) is 2. The summed E-state index contributed by atoms with van der Waals surface area (Å²) in [6.07, 6.45) is 2.96. The first-order valence-electron chi connectivity index (χ1n) is 7.37. The van der Waals surface area contributed by atoms with Gasteiger partial charge in [-0.25, -0.2) is 4.39 Å². The van der Waals surface area contributed by atoms with Crippen LogP contribution in [0.1, 0.15) is 32.1 Å². The molecule has 3 aromatic rings. The molecule has 0 fully saturated rings. The van der Waals surface area contributed by atoms with E-state index in [2.05, 4.69) is 15.3 Å². The zero-order valence-corrected chi connectivity index (χ0v) is 13.9. The van der Waals surface area contributed by atoms with Gasteiger partial charge in [0, 0.05) is 18.0 Å². The molecule has 1 amide bonds. The summed E-state index contributed by atoms with van der Waals surface area (Å²) in [6.45, 7) is 1.76. The highest BCUT2D eigenvalue weighted by Crippen LogP contribution is 2.23. The molecule has 126 valence electrons. The molecule has 0 bridgehead atoms. The molecule has 0 radical (unpaired) electrons. The molecular weight excluding hydrogens is 345 g/mol. The first-order chi connectivity index (χ1) is 12.0. The molecule has 2 aromatic heterocycles. The highest BCUT2D eigenvalue weighted by atomic mass is 35.5. The number of hydrogen-bond donors (Lipinski definition) is 2. The number of anilines is 1. The van der Waals surface area contributed by atoms with Gasteiger partial charge in [-0.15, -0.1) is 0 Å². The van der Waals surface area contributed by atoms with Gasteiger partial charge in [0.15, 0.2) is 5.78 Å². The minimum absolute atomic E-state index is 0.0168. The van der Waals surface area contributed by atoms with Gasteiger partial charge < -0.3 is 10.3 Å². The van der Waals surface area contributed by atoms with E-state index in [0.717, 1.165) is 6.07 Å². The Morgan fingerprint density at radius 3 is 2.76 bits per heavy atom. The number of carbonyl (C=O) groups excluding carboxylic acids is 2. The van der Waals surface area contributed by atoms with Crippen LogP contribution >= 0.6 is 11.6 Å². The van der Waals surface area contributed by atoms with Crippen LogP contribution in [-0.2, 0) is 0 Å². The van der Waals surface area contributed by atoms with E-state index < -0.39 is 17.5 Å². The fraction of sp³-hybridized carbons (Fsp3) is 0.0556. The number of amides is 1. The smallest absolute Gasteiger partial charge is 0.272 e. The lowest BCUT2D eigenvalue weighted by Gasteiger charge is -2.05. The van der Waals surface area contributed by atoms with Crippen molar-refractivity contribution in [1.29, 1.82) is 0 Å². The zero-order chi connectivity index (χ0) is 18.0. The van der Waals surface area contributed by atoms with Gasteiger partial charge in [-0.2, -0.15) is 0 Å². The Morgan fingerprint density at radius 2 is 2.04 bits per heavy atom. The summed E-state index contributed by atoms with van der Waals surface area (Å²) in [7, 11) is 0. The van der Waals surface area contributed by atoms with E-state index in [4.69, 9.17) is 11.6 Å². The molecule has 2 N–H and O–H groups in total. The molecule has 0 aliphatic heterocycles. The number of benzene rings is 1. The van der Waals surface area contributed by atoms with Gasteiger partial charge in [-0.05, 0) is 37.3 Å². The molecule has 0 aliphatic carbocycles. The third kappa shape index (κ3) is 3.44. The standard InChI is InChI=1S/C18H13ClFN3O2/c1-10-14(6-3-7-21-10)23-18(25)15-8-11(9-22-15)17(24)16-12(19)4-2-5-13(16)20/h2-9,22H,1H3,(H,23,25). The number of nitrogens with zero attached hydrogens (tertiary/aromatic N) is 1. The van der Waals surface area contributed by atoms with E-state index in [9.17, 15) is 14.0 Å². The topological polar surface area (TPSA) is 74.8 Å². The number of aryl methyl sites for hydroxylation is 1. The second kappa shape index (κ2) is 6.86. The summed E-state index contributed by atoms with van der Waals surface area (Å²) in [5, 5.41) is 2.71. The Labute approximate surface area is 147 Å². The number of H-pyrrole nitrogens is 1. The van der Waals surface area contributed by atoms with E-state index in [1.54, 1.807) is 25.3 Å². The Kier molecular flexibility index (Phi) is 4.63. The first-order valence-corrected chi connectivity index (χ1v) is 7.75. The van der Waals surface area contributed by atoms with E-state index >= 15 is 0 Å². The average molecular weight is 358 g/mol. The van der Waals surface area contributed by atoms with Crippen molar-refractivity contribution in [2.75, 3.05) is 5.32 Å². The van der Waals surface area contributed by atoms with Crippen molar-refractivity contribution in [1.82, 2.24) is 9.97 Å². The van der Waals surface area contributed by atoms with Gasteiger partial charge in [-0.1, -0.05) is 17.7 Å². The van der Waals surface area contributed by atoms with Gasteiger partial charge >= 0.3 is 0 Å². The Bertz CT molecular complexity index is 948. The summed E-state index contributed by atoms with van der Waals surface area (Å²) in [5.74, 6) is -1.75. The first kappa shape index (κ1) is 16.9. The van der Waals surface area contributed by atoms with Crippen LogP contribution in [0.15, 0.2) is 48.8 Å². The van der Waals surface area contributed by atoms with Crippen LogP contribution in [0, 0.1) is 12.7 Å². The van der Waals surface area contributed by atoms with Gasteiger partial charge in [0.1, 0.15) is 11.5 Å². The second-order valence-corrected chi connectivity index (χ2v) is 5.73. The summed E-state index contributed by atoms with van der Waals surface area (Å²) >= 11 is 5.91. The van der Waals surface area contributed by atoms with Crippen molar-refractivity contribution in [3.63, 3.8) is 0 Å². The number of hydrogen-bond acceptors (Lipinski definition) is 3. The molecule has 0 unspecified atom stereocenters.